The fraction of sp³-hybridized carbons (Fsp3) is 0.389. The molecule has 0 spiro atoms. The number of nitrogens with one attached hydrogen (secondary N) is 1. The number of fused-ring (bicyclic) bond motifs is 1. The van der Waals surface area contributed by atoms with Crippen molar-refractivity contribution in [3.8, 4) is 0 Å². The summed E-state index contributed by atoms with van der Waals surface area (Å²) in [5, 5.41) is 16.4. The molecule has 3 aromatic rings. The van der Waals surface area contributed by atoms with Gasteiger partial charge in [-0.05, 0) is 36.8 Å². The van der Waals surface area contributed by atoms with Gasteiger partial charge in [-0.1, -0.05) is 32.9 Å². The molecule has 0 radical (unpaired) electrons. The van der Waals surface area contributed by atoms with Crippen LogP contribution in [0, 0.1) is 0 Å². The van der Waals surface area contributed by atoms with E-state index >= 15 is 0 Å². The quantitative estimate of drug-likeness (QED) is 0.756. The van der Waals surface area contributed by atoms with Gasteiger partial charge in [0.25, 0.3) is 0 Å². The van der Waals surface area contributed by atoms with Crippen molar-refractivity contribution in [2.75, 3.05) is 11.6 Å². The average molecular weight is 373 g/mol. The Bertz CT molecular complexity index is 1030. The van der Waals surface area contributed by atoms with E-state index < -0.39 is 9.84 Å². The molecule has 26 heavy (non-hydrogen) atoms. The van der Waals surface area contributed by atoms with Crippen molar-refractivity contribution in [1.82, 2.24) is 19.8 Å². The Kier molecular flexibility index (Phi) is 4.47. The van der Waals surface area contributed by atoms with Crippen molar-refractivity contribution >= 4 is 21.3 Å². The predicted octanol–water partition coefficient (Wildman–Crippen LogP) is 3.00. The molecule has 138 valence electrons. The van der Waals surface area contributed by atoms with Crippen LogP contribution in [0.25, 0.3) is 5.65 Å². The smallest absolute Gasteiger partial charge is 0.178 e. The third-order valence-corrected chi connectivity index (χ3v) is 5.23. The molecule has 1 unspecified atom stereocenters. The van der Waals surface area contributed by atoms with Gasteiger partial charge >= 0.3 is 0 Å². The Balaban J connectivity index is 1.86. The molecule has 0 aliphatic heterocycles. The minimum absolute atomic E-state index is 0.0388. The summed E-state index contributed by atoms with van der Waals surface area (Å²) in [6.45, 7) is 8.20. The van der Waals surface area contributed by atoms with Crippen molar-refractivity contribution in [1.29, 1.82) is 0 Å². The van der Waals surface area contributed by atoms with Gasteiger partial charge in [0.15, 0.2) is 21.3 Å². The lowest BCUT2D eigenvalue weighted by molar-refractivity contribution is 0.527. The van der Waals surface area contributed by atoms with Gasteiger partial charge in [-0.25, -0.2) is 8.42 Å². The number of anilines is 1. The minimum atomic E-state index is -3.19. The van der Waals surface area contributed by atoms with Crippen LogP contribution in [0.3, 0.4) is 0 Å². The first-order valence-corrected chi connectivity index (χ1v) is 10.2. The van der Waals surface area contributed by atoms with Gasteiger partial charge in [-0.15, -0.1) is 15.3 Å². The van der Waals surface area contributed by atoms with Gasteiger partial charge in [0.1, 0.15) is 5.82 Å². The second-order valence-electron chi connectivity index (χ2n) is 7.47. The lowest BCUT2D eigenvalue weighted by Gasteiger charge is -2.17. The molecule has 3 rings (SSSR count). The van der Waals surface area contributed by atoms with E-state index in [1.165, 1.54) is 6.26 Å². The highest BCUT2D eigenvalue weighted by molar-refractivity contribution is 7.90. The van der Waals surface area contributed by atoms with Crippen LogP contribution >= 0.6 is 0 Å². The molecule has 0 saturated carbocycles. The molecule has 2 heterocycles. The molecule has 0 saturated heterocycles. The normalized spacial score (nSPS) is 13.7. The van der Waals surface area contributed by atoms with Crippen LogP contribution in [-0.4, -0.2) is 34.5 Å². The topological polar surface area (TPSA) is 89.2 Å². The molecule has 0 aliphatic rings. The first kappa shape index (κ1) is 18.3. The third kappa shape index (κ3) is 3.70. The first-order chi connectivity index (χ1) is 12.1. The highest BCUT2D eigenvalue weighted by atomic mass is 32.2. The summed E-state index contributed by atoms with van der Waals surface area (Å²) < 4.78 is 24.9. The van der Waals surface area contributed by atoms with Crippen molar-refractivity contribution in [3.63, 3.8) is 0 Å². The molecule has 1 aromatic carbocycles. The highest BCUT2D eigenvalue weighted by Gasteiger charge is 2.22. The molecule has 2 aromatic heterocycles. The second-order valence-corrected chi connectivity index (χ2v) is 9.49. The Labute approximate surface area is 153 Å². The Morgan fingerprint density at radius 3 is 2.27 bits per heavy atom. The molecule has 0 fully saturated rings. The van der Waals surface area contributed by atoms with Gasteiger partial charge in [-0.3, -0.25) is 0 Å². The minimum Gasteiger partial charge on any atom is -0.362 e. The SMILES string of the molecule is CC(Nc1ccc2nnc(C(C)(C)C)n2n1)c1ccc(S(C)(=O)=O)cc1. The van der Waals surface area contributed by atoms with Crippen molar-refractivity contribution in [3.05, 3.63) is 47.8 Å². The van der Waals surface area contributed by atoms with Gasteiger partial charge < -0.3 is 5.32 Å². The zero-order chi connectivity index (χ0) is 19.1. The maximum absolute atomic E-state index is 11.6. The fourth-order valence-corrected chi connectivity index (χ4v) is 3.27. The molecule has 0 bridgehead atoms. The number of hydrogen-bond donors (Lipinski definition) is 1. The summed E-state index contributed by atoms with van der Waals surface area (Å²) in [7, 11) is -3.19. The maximum atomic E-state index is 11.6. The summed E-state index contributed by atoms with van der Waals surface area (Å²) in [5.41, 5.74) is 1.50. The highest BCUT2D eigenvalue weighted by Crippen LogP contribution is 2.23. The predicted molar refractivity (Wildman–Crippen MR) is 101 cm³/mol. The van der Waals surface area contributed by atoms with E-state index in [0.29, 0.717) is 16.4 Å². The van der Waals surface area contributed by atoms with Crippen molar-refractivity contribution in [2.45, 2.75) is 44.0 Å². The van der Waals surface area contributed by atoms with E-state index in [0.717, 1.165) is 11.4 Å². The van der Waals surface area contributed by atoms with Gasteiger partial charge in [-0.2, -0.15) is 4.52 Å². The maximum Gasteiger partial charge on any atom is 0.178 e. The monoisotopic (exact) mass is 373 g/mol. The summed E-state index contributed by atoms with van der Waals surface area (Å²) in [5.74, 6) is 1.49. The molecular weight excluding hydrogens is 350 g/mol. The van der Waals surface area contributed by atoms with Crippen LogP contribution in [0.2, 0.25) is 0 Å². The van der Waals surface area contributed by atoms with Crippen molar-refractivity contribution < 1.29 is 8.42 Å². The van der Waals surface area contributed by atoms with Gasteiger partial charge in [0, 0.05) is 17.7 Å². The lowest BCUT2D eigenvalue weighted by Crippen LogP contribution is -2.18. The summed E-state index contributed by atoms with van der Waals surface area (Å²) >= 11 is 0. The van der Waals surface area contributed by atoms with E-state index in [9.17, 15) is 8.42 Å². The van der Waals surface area contributed by atoms with Gasteiger partial charge in [0.05, 0.1) is 4.90 Å². The second kappa shape index (κ2) is 6.35. The van der Waals surface area contributed by atoms with E-state index in [2.05, 4.69) is 41.4 Å². The Morgan fingerprint density at radius 2 is 1.69 bits per heavy atom. The molecule has 8 heteroatoms. The third-order valence-electron chi connectivity index (χ3n) is 4.11. The van der Waals surface area contributed by atoms with E-state index in [-0.39, 0.29) is 11.5 Å². The van der Waals surface area contributed by atoms with E-state index in [4.69, 9.17) is 0 Å². The number of nitrogens with zero attached hydrogens (tertiary/aromatic N) is 4. The molecule has 1 N–H and O–H groups in total. The van der Waals surface area contributed by atoms with Crippen LogP contribution in [0.1, 0.15) is 45.1 Å². The number of benzene rings is 1. The van der Waals surface area contributed by atoms with Crippen LogP contribution in [0.5, 0.6) is 0 Å². The molecule has 1 atom stereocenters. The lowest BCUT2D eigenvalue weighted by atomic mass is 9.96. The molecular formula is C18H23N5O2S. The summed E-state index contributed by atoms with van der Waals surface area (Å²) in [4.78, 5) is 0.312. The van der Waals surface area contributed by atoms with E-state index in [1.807, 2.05) is 31.2 Å². The van der Waals surface area contributed by atoms with Crippen LogP contribution in [0.15, 0.2) is 41.3 Å². The van der Waals surface area contributed by atoms with Crippen LogP contribution in [-0.2, 0) is 15.3 Å². The van der Waals surface area contributed by atoms with E-state index in [1.54, 1.807) is 16.6 Å². The van der Waals surface area contributed by atoms with Gasteiger partial charge in [0.2, 0.25) is 0 Å². The van der Waals surface area contributed by atoms with Crippen molar-refractivity contribution in [2.24, 2.45) is 0 Å². The first-order valence-electron chi connectivity index (χ1n) is 8.35. The summed E-state index contributed by atoms with van der Waals surface area (Å²) in [6.07, 6.45) is 1.20. The standard InChI is InChI=1S/C18H23N5O2S/c1-12(13-6-8-14(9-7-13)26(5,24)25)19-15-10-11-16-20-21-17(18(2,3)4)23(16)22-15/h6-12H,1-5H3,(H,19,22). The zero-order valence-electron chi connectivity index (χ0n) is 15.6. The number of rotatable bonds is 4. The number of aromatic nitrogens is 4. The zero-order valence-corrected chi connectivity index (χ0v) is 16.4. The molecule has 7 nitrogen and oxygen atoms in total. The average Bonchev–Trinajstić information content (AvgIpc) is 2.97. The fourth-order valence-electron chi connectivity index (χ4n) is 2.64. The molecule has 0 aliphatic carbocycles. The number of sulfone groups is 1. The Hall–Kier alpha value is -2.48. The number of hydrogen-bond acceptors (Lipinski definition) is 6. The largest absolute Gasteiger partial charge is 0.362 e. The van der Waals surface area contributed by atoms with Crippen LogP contribution < -0.4 is 5.32 Å². The molecule has 0 amide bonds. The summed E-state index contributed by atoms with van der Waals surface area (Å²) in [6, 6.07) is 10.6. The Morgan fingerprint density at radius 1 is 1.04 bits per heavy atom. The van der Waals surface area contributed by atoms with Crippen LogP contribution in [0.4, 0.5) is 5.82 Å².